The molecule has 0 bridgehead atoms. The third-order valence-electron chi connectivity index (χ3n) is 13.8. The summed E-state index contributed by atoms with van der Waals surface area (Å²) < 4.78 is 5.49. The molecule has 6 heteroatoms. The van der Waals surface area contributed by atoms with Crippen LogP contribution in [-0.2, 0) is 14.3 Å². The highest BCUT2D eigenvalue weighted by Gasteiger charge is 2.18. The van der Waals surface area contributed by atoms with Gasteiger partial charge in [-0.2, -0.15) is 0 Å². The van der Waals surface area contributed by atoms with Crippen molar-refractivity contribution in [3.63, 3.8) is 0 Å². The third kappa shape index (κ3) is 55.0. The number of aliphatic hydroxyl groups is 2. The van der Waals surface area contributed by atoms with Crippen LogP contribution in [0.1, 0.15) is 316 Å². The Hall–Kier alpha value is -2.18. The van der Waals surface area contributed by atoms with Crippen LogP contribution in [0.4, 0.5) is 0 Å². The second-order valence-electron chi connectivity index (χ2n) is 20.7. The normalized spacial score (nSPS) is 12.9. The first-order valence-electron chi connectivity index (χ1n) is 30.4. The fourth-order valence-electron chi connectivity index (χ4n) is 9.13. The number of hydrogen-bond acceptors (Lipinski definition) is 5. The number of ether oxygens (including phenoxy) is 1. The maximum absolute atomic E-state index is 12.4. The van der Waals surface area contributed by atoms with E-state index in [1.54, 1.807) is 6.08 Å². The average Bonchev–Trinajstić information content (AvgIpc) is 3.35. The van der Waals surface area contributed by atoms with Gasteiger partial charge in [-0.25, -0.2) is 0 Å². The Balaban J connectivity index is 3.38. The lowest BCUT2D eigenvalue weighted by Gasteiger charge is -2.20. The van der Waals surface area contributed by atoms with Crippen molar-refractivity contribution in [2.24, 2.45) is 0 Å². The Morgan fingerprint density at radius 2 is 0.725 bits per heavy atom. The second-order valence-corrected chi connectivity index (χ2v) is 20.7. The van der Waals surface area contributed by atoms with E-state index in [0.29, 0.717) is 19.4 Å². The number of aliphatic hydroxyl groups excluding tert-OH is 2. The standard InChI is InChI=1S/C63H117NO5/c1-3-5-7-9-11-13-14-15-16-17-28-31-34-37-41-45-49-53-57-63(68)69-58-54-50-46-42-38-35-32-29-26-24-22-20-18-19-21-23-25-27-30-33-36-40-44-48-52-56-62(67)64-60(59-65)61(66)55-51-47-43-39-12-10-8-6-4-2/h13-14,16-17,19,21,51,55,60-61,65-66H,3-12,15,18,20,22-50,52-54,56-59H2,1-2H3,(H,64,67)/b14-13-,17-16-,21-19-,55-51+. The molecular weight excluding hydrogens is 851 g/mol. The Bertz CT molecular complexity index is 1160. The largest absolute Gasteiger partial charge is 0.466 e. The molecule has 0 fully saturated rings. The zero-order chi connectivity index (χ0) is 50.0. The van der Waals surface area contributed by atoms with Gasteiger partial charge in [0.05, 0.1) is 25.4 Å². The van der Waals surface area contributed by atoms with E-state index in [-0.39, 0.29) is 18.5 Å². The number of amides is 1. The molecular formula is C63H117NO5. The monoisotopic (exact) mass is 968 g/mol. The van der Waals surface area contributed by atoms with Crippen molar-refractivity contribution in [1.82, 2.24) is 5.32 Å². The van der Waals surface area contributed by atoms with Crippen molar-refractivity contribution in [3.8, 4) is 0 Å². The summed E-state index contributed by atoms with van der Waals surface area (Å²) in [4.78, 5) is 24.5. The van der Waals surface area contributed by atoms with Crippen molar-refractivity contribution in [2.45, 2.75) is 328 Å². The predicted octanol–water partition coefficient (Wildman–Crippen LogP) is 19.0. The molecule has 2 unspecified atom stereocenters. The fourth-order valence-corrected chi connectivity index (χ4v) is 9.13. The Morgan fingerprint density at radius 3 is 1.13 bits per heavy atom. The Labute approximate surface area is 429 Å². The van der Waals surface area contributed by atoms with E-state index in [1.807, 2.05) is 6.08 Å². The molecule has 0 spiro atoms. The number of carbonyl (C=O) groups is 2. The van der Waals surface area contributed by atoms with Crippen molar-refractivity contribution in [3.05, 3.63) is 48.6 Å². The highest BCUT2D eigenvalue weighted by Crippen LogP contribution is 2.16. The molecule has 69 heavy (non-hydrogen) atoms. The summed E-state index contributed by atoms with van der Waals surface area (Å²) in [5.74, 6) is -0.0690. The summed E-state index contributed by atoms with van der Waals surface area (Å²) >= 11 is 0. The topological polar surface area (TPSA) is 95.9 Å². The number of allylic oxidation sites excluding steroid dienone is 7. The van der Waals surface area contributed by atoms with Gasteiger partial charge in [0, 0.05) is 12.8 Å². The van der Waals surface area contributed by atoms with E-state index in [4.69, 9.17) is 4.74 Å². The molecule has 0 heterocycles. The lowest BCUT2D eigenvalue weighted by Crippen LogP contribution is -2.45. The SMILES string of the molecule is CCCCCC/C=C\C/C=C\CCCCCCCCCC(=O)OCCCCCCCCCCCCCC/C=C\CCCCCCCCCCCC(=O)NC(CO)C(O)/C=C/CCCCCCCCC. The van der Waals surface area contributed by atoms with E-state index in [9.17, 15) is 19.8 Å². The first-order valence-corrected chi connectivity index (χ1v) is 30.4. The average molecular weight is 969 g/mol. The highest BCUT2D eigenvalue weighted by atomic mass is 16.5. The van der Waals surface area contributed by atoms with E-state index >= 15 is 0 Å². The van der Waals surface area contributed by atoms with Crippen LogP contribution in [0.5, 0.6) is 0 Å². The molecule has 0 aliphatic heterocycles. The maximum Gasteiger partial charge on any atom is 0.305 e. The van der Waals surface area contributed by atoms with Crippen LogP contribution < -0.4 is 5.32 Å². The molecule has 0 rings (SSSR count). The van der Waals surface area contributed by atoms with Crippen LogP contribution in [0.3, 0.4) is 0 Å². The smallest absolute Gasteiger partial charge is 0.305 e. The third-order valence-corrected chi connectivity index (χ3v) is 13.8. The molecule has 0 aromatic rings. The van der Waals surface area contributed by atoms with Crippen LogP contribution >= 0.6 is 0 Å². The summed E-state index contributed by atoms with van der Waals surface area (Å²) in [6.45, 7) is 4.86. The van der Waals surface area contributed by atoms with Gasteiger partial charge in [-0.3, -0.25) is 9.59 Å². The second kappa shape index (κ2) is 58.4. The van der Waals surface area contributed by atoms with Gasteiger partial charge >= 0.3 is 5.97 Å². The lowest BCUT2D eigenvalue weighted by atomic mass is 10.0. The summed E-state index contributed by atoms with van der Waals surface area (Å²) in [6.07, 6.45) is 74.5. The van der Waals surface area contributed by atoms with Gasteiger partial charge in [-0.1, -0.05) is 262 Å². The molecule has 6 nitrogen and oxygen atoms in total. The van der Waals surface area contributed by atoms with Crippen LogP contribution in [0.15, 0.2) is 48.6 Å². The van der Waals surface area contributed by atoms with Crippen LogP contribution in [0.25, 0.3) is 0 Å². The van der Waals surface area contributed by atoms with Crippen LogP contribution in [0, 0.1) is 0 Å². The van der Waals surface area contributed by atoms with Crippen LogP contribution in [0.2, 0.25) is 0 Å². The van der Waals surface area contributed by atoms with Gasteiger partial charge in [0.1, 0.15) is 0 Å². The number of hydrogen-bond donors (Lipinski definition) is 3. The number of rotatable bonds is 56. The van der Waals surface area contributed by atoms with Gasteiger partial charge < -0.3 is 20.3 Å². The highest BCUT2D eigenvalue weighted by molar-refractivity contribution is 5.76. The predicted molar refractivity (Wildman–Crippen MR) is 301 cm³/mol. The molecule has 0 aromatic heterocycles. The first-order chi connectivity index (χ1) is 34.0. The van der Waals surface area contributed by atoms with Crippen molar-refractivity contribution >= 4 is 11.9 Å². The van der Waals surface area contributed by atoms with E-state index in [2.05, 4.69) is 55.6 Å². The van der Waals surface area contributed by atoms with Crippen molar-refractivity contribution in [2.75, 3.05) is 13.2 Å². The summed E-state index contributed by atoms with van der Waals surface area (Å²) in [6, 6.07) is -0.628. The molecule has 0 aliphatic rings. The number of carbonyl (C=O) groups excluding carboxylic acids is 2. The number of unbranched alkanes of at least 4 members (excludes halogenated alkanes) is 39. The van der Waals surface area contributed by atoms with Gasteiger partial charge in [0.2, 0.25) is 5.91 Å². The molecule has 404 valence electrons. The maximum atomic E-state index is 12.4. The van der Waals surface area contributed by atoms with Gasteiger partial charge in [0.25, 0.3) is 0 Å². The van der Waals surface area contributed by atoms with Crippen LogP contribution in [-0.4, -0.2) is 47.4 Å². The van der Waals surface area contributed by atoms with Gasteiger partial charge in [0.15, 0.2) is 0 Å². The molecule has 2 atom stereocenters. The number of nitrogens with one attached hydrogen (secondary N) is 1. The van der Waals surface area contributed by atoms with E-state index in [1.165, 1.54) is 238 Å². The minimum atomic E-state index is -0.844. The molecule has 0 radical (unpaired) electrons. The van der Waals surface area contributed by atoms with Crippen molar-refractivity contribution < 1.29 is 24.5 Å². The van der Waals surface area contributed by atoms with E-state index < -0.39 is 12.1 Å². The summed E-state index contributed by atoms with van der Waals surface area (Å²) in [5.41, 5.74) is 0. The molecule has 1 amide bonds. The number of esters is 1. The molecule has 0 aromatic carbocycles. The molecule has 0 aliphatic carbocycles. The molecule has 3 N–H and O–H groups in total. The zero-order valence-corrected chi connectivity index (χ0v) is 46.0. The van der Waals surface area contributed by atoms with Gasteiger partial charge in [-0.15, -0.1) is 0 Å². The van der Waals surface area contributed by atoms with Gasteiger partial charge in [-0.05, 0) is 89.9 Å². The minimum absolute atomic E-state index is 0.00513. The fraction of sp³-hybridized carbons (Fsp3) is 0.841. The first kappa shape index (κ1) is 66.8. The minimum Gasteiger partial charge on any atom is -0.466 e. The van der Waals surface area contributed by atoms with Crippen molar-refractivity contribution in [1.29, 1.82) is 0 Å². The Morgan fingerprint density at radius 1 is 0.406 bits per heavy atom. The summed E-state index contributed by atoms with van der Waals surface area (Å²) in [5, 5.41) is 22.9. The lowest BCUT2D eigenvalue weighted by molar-refractivity contribution is -0.143. The quantitative estimate of drug-likeness (QED) is 0.0321. The molecule has 0 saturated carbocycles. The molecule has 0 saturated heterocycles. The van der Waals surface area contributed by atoms with E-state index in [0.717, 1.165) is 51.4 Å². The summed E-state index contributed by atoms with van der Waals surface area (Å²) in [7, 11) is 0. The Kier molecular flexibility index (Phi) is 56.5. The zero-order valence-electron chi connectivity index (χ0n) is 46.0.